The number of hydrogen-bond acceptors (Lipinski definition) is 3. The summed E-state index contributed by atoms with van der Waals surface area (Å²) in [6.07, 6.45) is 6.30. The minimum atomic E-state index is -0.780. The van der Waals surface area contributed by atoms with Gasteiger partial charge in [0.15, 0.2) is 0 Å². The zero-order chi connectivity index (χ0) is 16.4. The number of aliphatic hydroxyl groups is 1. The molecule has 0 atom stereocenters. The van der Waals surface area contributed by atoms with Gasteiger partial charge in [0.25, 0.3) is 0 Å². The van der Waals surface area contributed by atoms with Gasteiger partial charge in [-0.05, 0) is 26.3 Å². The first kappa shape index (κ1) is 15.9. The summed E-state index contributed by atoms with van der Waals surface area (Å²) >= 11 is 0. The Morgan fingerprint density at radius 2 is 1.91 bits per heavy atom. The quantitative estimate of drug-likeness (QED) is 0.698. The first-order valence-corrected chi connectivity index (χ1v) is 8.45. The Labute approximate surface area is 137 Å². The predicted octanol–water partition coefficient (Wildman–Crippen LogP) is 4.09. The molecule has 4 heteroatoms. The van der Waals surface area contributed by atoms with Gasteiger partial charge in [-0.15, -0.1) is 0 Å². The molecule has 0 radical (unpaired) electrons. The van der Waals surface area contributed by atoms with Crippen LogP contribution in [0.25, 0.3) is 21.9 Å². The smallest absolute Gasteiger partial charge is 0.110 e. The third-order valence-electron chi connectivity index (χ3n) is 4.11. The van der Waals surface area contributed by atoms with Crippen LogP contribution in [-0.4, -0.2) is 25.2 Å². The van der Waals surface area contributed by atoms with Gasteiger partial charge in [-0.1, -0.05) is 38.0 Å². The highest BCUT2D eigenvalue weighted by atomic mass is 16.3. The van der Waals surface area contributed by atoms with Crippen LogP contribution in [0, 0.1) is 0 Å². The van der Waals surface area contributed by atoms with Crippen LogP contribution in [0.15, 0.2) is 30.5 Å². The van der Waals surface area contributed by atoms with Crippen molar-refractivity contribution in [2.24, 2.45) is 0 Å². The summed E-state index contributed by atoms with van der Waals surface area (Å²) in [7, 11) is 0. The van der Waals surface area contributed by atoms with Gasteiger partial charge in [0.1, 0.15) is 11.3 Å². The van der Waals surface area contributed by atoms with Crippen LogP contribution >= 0.6 is 0 Å². The molecule has 0 amide bonds. The number of pyridine rings is 1. The summed E-state index contributed by atoms with van der Waals surface area (Å²) in [5, 5.41) is 11.5. The molecule has 0 saturated carbocycles. The van der Waals surface area contributed by atoms with Crippen LogP contribution in [0.3, 0.4) is 0 Å². The largest absolute Gasteiger partial charge is 0.389 e. The van der Waals surface area contributed by atoms with E-state index >= 15 is 0 Å². The molecule has 0 saturated heterocycles. The van der Waals surface area contributed by atoms with Crippen molar-refractivity contribution in [2.45, 2.75) is 58.6 Å². The number of para-hydroxylation sites is 1. The molecule has 0 unspecified atom stereocenters. The average molecular weight is 311 g/mol. The topological polar surface area (TPSA) is 50.9 Å². The number of nitrogens with zero attached hydrogens (tertiary/aromatic N) is 3. The fourth-order valence-electron chi connectivity index (χ4n) is 3.09. The van der Waals surface area contributed by atoms with Gasteiger partial charge in [-0.25, -0.2) is 4.98 Å². The van der Waals surface area contributed by atoms with Gasteiger partial charge in [0.05, 0.1) is 29.4 Å². The average Bonchev–Trinajstić information content (AvgIpc) is 2.84. The second-order valence-electron chi connectivity index (χ2n) is 6.89. The summed E-state index contributed by atoms with van der Waals surface area (Å²) in [6, 6.07) is 8.14. The van der Waals surface area contributed by atoms with E-state index in [1.807, 2.05) is 38.2 Å². The molecule has 2 aromatic heterocycles. The number of unbranched alkanes of at least 4 members (excludes halogenated alkanes) is 2. The lowest BCUT2D eigenvalue weighted by Gasteiger charge is -2.20. The molecule has 0 fully saturated rings. The molecular formula is C19H25N3O. The molecule has 0 aliphatic carbocycles. The molecule has 0 spiro atoms. The van der Waals surface area contributed by atoms with Crippen molar-refractivity contribution in [3.05, 3.63) is 36.3 Å². The van der Waals surface area contributed by atoms with Crippen molar-refractivity contribution in [3.8, 4) is 0 Å². The molecule has 0 aliphatic rings. The SMILES string of the molecule is CCCCCc1nc2cnc3ccccc3c2n1CC(C)(C)O. The van der Waals surface area contributed by atoms with Gasteiger partial charge in [0, 0.05) is 11.8 Å². The molecule has 0 aliphatic heterocycles. The first-order chi connectivity index (χ1) is 11.0. The molecule has 1 N–H and O–H groups in total. The molecule has 23 heavy (non-hydrogen) atoms. The van der Waals surface area contributed by atoms with E-state index < -0.39 is 5.60 Å². The van der Waals surface area contributed by atoms with E-state index in [4.69, 9.17) is 4.98 Å². The molecule has 2 heterocycles. The highest BCUT2D eigenvalue weighted by Gasteiger charge is 2.20. The van der Waals surface area contributed by atoms with E-state index in [0.29, 0.717) is 6.54 Å². The van der Waals surface area contributed by atoms with Gasteiger partial charge in [-0.3, -0.25) is 4.98 Å². The lowest BCUT2D eigenvalue weighted by atomic mass is 10.1. The van der Waals surface area contributed by atoms with Crippen LogP contribution in [0.2, 0.25) is 0 Å². The normalized spacial score (nSPS) is 12.3. The van der Waals surface area contributed by atoms with E-state index in [1.54, 1.807) is 0 Å². The van der Waals surface area contributed by atoms with E-state index in [9.17, 15) is 5.11 Å². The molecule has 0 bridgehead atoms. The zero-order valence-corrected chi connectivity index (χ0v) is 14.2. The number of benzene rings is 1. The van der Waals surface area contributed by atoms with E-state index in [2.05, 4.69) is 22.5 Å². The van der Waals surface area contributed by atoms with Gasteiger partial charge in [0.2, 0.25) is 0 Å². The number of hydrogen-bond donors (Lipinski definition) is 1. The third kappa shape index (κ3) is 3.37. The van der Waals surface area contributed by atoms with Gasteiger partial charge < -0.3 is 9.67 Å². The number of aromatic nitrogens is 3. The molecule has 3 rings (SSSR count). The van der Waals surface area contributed by atoms with Crippen LogP contribution in [0.1, 0.15) is 45.9 Å². The van der Waals surface area contributed by atoms with Crippen molar-refractivity contribution >= 4 is 21.9 Å². The van der Waals surface area contributed by atoms with Gasteiger partial charge in [-0.2, -0.15) is 0 Å². The predicted molar refractivity (Wildman–Crippen MR) is 94.6 cm³/mol. The Balaban J connectivity index is 2.18. The van der Waals surface area contributed by atoms with Crippen molar-refractivity contribution in [3.63, 3.8) is 0 Å². The maximum Gasteiger partial charge on any atom is 0.110 e. The number of rotatable bonds is 6. The Hall–Kier alpha value is -1.94. The Morgan fingerprint density at radius 3 is 2.65 bits per heavy atom. The molecule has 3 aromatic rings. The maximum atomic E-state index is 10.4. The summed E-state index contributed by atoms with van der Waals surface area (Å²) in [5.41, 5.74) is 2.19. The lowest BCUT2D eigenvalue weighted by molar-refractivity contribution is 0.0618. The first-order valence-electron chi connectivity index (χ1n) is 8.45. The van der Waals surface area contributed by atoms with Crippen molar-refractivity contribution in [1.29, 1.82) is 0 Å². The van der Waals surface area contributed by atoms with E-state index in [-0.39, 0.29) is 0 Å². The molecule has 1 aromatic carbocycles. The minimum Gasteiger partial charge on any atom is -0.389 e. The molecule has 4 nitrogen and oxygen atoms in total. The van der Waals surface area contributed by atoms with Crippen LogP contribution in [0.4, 0.5) is 0 Å². The highest BCUT2D eigenvalue weighted by Crippen LogP contribution is 2.27. The van der Waals surface area contributed by atoms with Crippen molar-refractivity contribution < 1.29 is 5.11 Å². The van der Waals surface area contributed by atoms with Crippen LogP contribution < -0.4 is 0 Å². The van der Waals surface area contributed by atoms with E-state index in [0.717, 1.165) is 40.6 Å². The standard InChI is InChI=1S/C19H25N3O/c1-4-5-6-11-17-21-16-12-20-15-10-8-7-9-14(15)18(16)22(17)13-19(2,3)23/h7-10,12,23H,4-6,11,13H2,1-3H3. The Kier molecular flexibility index (Phi) is 4.35. The van der Waals surface area contributed by atoms with E-state index in [1.165, 1.54) is 12.8 Å². The fraction of sp³-hybridized carbons (Fsp3) is 0.474. The zero-order valence-electron chi connectivity index (χ0n) is 14.2. The highest BCUT2D eigenvalue weighted by molar-refractivity contribution is 6.02. The van der Waals surface area contributed by atoms with Gasteiger partial charge >= 0.3 is 0 Å². The summed E-state index contributed by atoms with van der Waals surface area (Å²) in [4.78, 5) is 9.33. The number of imidazole rings is 1. The number of fused-ring (bicyclic) bond motifs is 3. The van der Waals surface area contributed by atoms with Crippen molar-refractivity contribution in [2.75, 3.05) is 0 Å². The van der Waals surface area contributed by atoms with Crippen molar-refractivity contribution in [1.82, 2.24) is 14.5 Å². The van der Waals surface area contributed by atoms with Crippen LogP contribution in [0.5, 0.6) is 0 Å². The lowest BCUT2D eigenvalue weighted by Crippen LogP contribution is -2.27. The summed E-state index contributed by atoms with van der Waals surface area (Å²) < 4.78 is 2.19. The molecular weight excluding hydrogens is 286 g/mol. The monoisotopic (exact) mass is 311 g/mol. The maximum absolute atomic E-state index is 10.4. The third-order valence-corrected chi connectivity index (χ3v) is 4.11. The second-order valence-corrected chi connectivity index (χ2v) is 6.89. The minimum absolute atomic E-state index is 0.541. The summed E-state index contributed by atoms with van der Waals surface area (Å²) in [6.45, 7) is 6.44. The Bertz CT molecular complexity index is 814. The summed E-state index contributed by atoms with van der Waals surface area (Å²) in [5.74, 6) is 1.05. The molecule has 122 valence electrons. The number of aryl methyl sites for hydroxylation is 1. The second kappa shape index (κ2) is 6.28. The Morgan fingerprint density at radius 1 is 1.13 bits per heavy atom. The fourth-order valence-corrected chi connectivity index (χ4v) is 3.09. The van der Waals surface area contributed by atoms with Crippen LogP contribution in [-0.2, 0) is 13.0 Å².